The van der Waals surface area contributed by atoms with Crippen molar-refractivity contribution in [3.63, 3.8) is 0 Å². The normalized spacial score (nSPS) is 12.2. The Kier molecular flexibility index (Phi) is 5.76. The van der Waals surface area contributed by atoms with E-state index in [2.05, 4.69) is 0 Å². The predicted molar refractivity (Wildman–Crippen MR) is 72.3 cm³/mol. The van der Waals surface area contributed by atoms with Gasteiger partial charge in [-0.25, -0.2) is 9.18 Å². The number of benzene rings is 1. The second kappa shape index (κ2) is 7.09. The average Bonchev–Trinajstić information content (AvgIpc) is 2.39. The second-order valence-corrected chi connectivity index (χ2v) is 4.41. The Morgan fingerprint density at radius 2 is 2.21 bits per heavy atom. The van der Waals surface area contributed by atoms with Crippen molar-refractivity contribution in [1.82, 2.24) is 0 Å². The van der Waals surface area contributed by atoms with Gasteiger partial charge >= 0.3 is 5.97 Å². The standard InChI is InChI=1S/C14H20FNO3/c1-4-10(2)16(7-8-19-3)13-6-5-11(14(17)18)9-12(13)15/h5-6,9-10H,4,7-8H2,1-3H3,(H,17,18). The van der Waals surface area contributed by atoms with E-state index in [-0.39, 0.29) is 11.6 Å². The lowest BCUT2D eigenvalue weighted by atomic mass is 10.1. The van der Waals surface area contributed by atoms with E-state index in [0.717, 1.165) is 12.5 Å². The summed E-state index contributed by atoms with van der Waals surface area (Å²) in [6, 6.07) is 4.14. The molecule has 1 N–H and O–H groups in total. The maximum Gasteiger partial charge on any atom is 0.335 e. The third kappa shape index (κ3) is 3.92. The average molecular weight is 269 g/mol. The Bertz CT molecular complexity index is 437. The van der Waals surface area contributed by atoms with Crippen molar-refractivity contribution in [2.45, 2.75) is 26.3 Å². The SMILES string of the molecule is CCC(C)N(CCOC)c1ccc(C(=O)O)cc1F. The first-order valence-corrected chi connectivity index (χ1v) is 6.29. The summed E-state index contributed by atoms with van der Waals surface area (Å²) in [4.78, 5) is 12.7. The molecule has 1 rings (SSSR count). The quantitative estimate of drug-likeness (QED) is 0.827. The number of aromatic carboxylic acids is 1. The number of nitrogens with zero attached hydrogens (tertiary/aromatic N) is 1. The smallest absolute Gasteiger partial charge is 0.335 e. The number of hydrogen-bond donors (Lipinski definition) is 1. The van der Waals surface area contributed by atoms with Gasteiger partial charge in [0.2, 0.25) is 0 Å². The highest BCUT2D eigenvalue weighted by molar-refractivity contribution is 5.88. The zero-order valence-electron chi connectivity index (χ0n) is 11.5. The Balaban J connectivity index is 3.04. The van der Waals surface area contributed by atoms with Gasteiger partial charge in [0, 0.05) is 19.7 Å². The van der Waals surface area contributed by atoms with E-state index >= 15 is 0 Å². The van der Waals surface area contributed by atoms with Crippen LogP contribution in [0, 0.1) is 5.82 Å². The molecule has 0 fully saturated rings. The van der Waals surface area contributed by atoms with Gasteiger partial charge in [0.25, 0.3) is 0 Å². The van der Waals surface area contributed by atoms with Gasteiger partial charge in [-0.05, 0) is 31.5 Å². The predicted octanol–water partition coefficient (Wildman–Crippen LogP) is 2.78. The highest BCUT2D eigenvalue weighted by Gasteiger charge is 2.18. The zero-order chi connectivity index (χ0) is 14.4. The molecule has 0 bridgehead atoms. The van der Waals surface area contributed by atoms with Crippen LogP contribution < -0.4 is 4.90 Å². The van der Waals surface area contributed by atoms with Crippen molar-refractivity contribution in [2.24, 2.45) is 0 Å². The van der Waals surface area contributed by atoms with E-state index < -0.39 is 11.8 Å². The van der Waals surface area contributed by atoms with Crippen molar-refractivity contribution >= 4 is 11.7 Å². The van der Waals surface area contributed by atoms with Crippen LogP contribution in [0.15, 0.2) is 18.2 Å². The first-order chi connectivity index (χ1) is 9.01. The number of ether oxygens (including phenoxy) is 1. The van der Waals surface area contributed by atoms with E-state index in [0.29, 0.717) is 18.8 Å². The minimum atomic E-state index is -1.13. The lowest BCUT2D eigenvalue weighted by Crippen LogP contribution is -2.36. The van der Waals surface area contributed by atoms with Gasteiger partial charge in [0.1, 0.15) is 5.82 Å². The van der Waals surface area contributed by atoms with Gasteiger partial charge < -0.3 is 14.7 Å². The molecule has 0 aromatic heterocycles. The molecule has 0 saturated carbocycles. The highest BCUT2D eigenvalue weighted by atomic mass is 19.1. The molecule has 4 nitrogen and oxygen atoms in total. The van der Waals surface area contributed by atoms with Gasteiger partial charge in [-0.15, -0.1) is 0 Å². The molecular weight excluding hydrogens is 249 g/mol. The summed E-state index contributed by atoms with van der Waals surface area (Å²) in [6.45, 7) is 5.08. The van der Waals surface area contributed by atoms with Crippen molar-refractivity contribution in [3.05, 3.63) is 29.6 Å². The molecule has 1 unspecified atom stereocenters. The van der Waals surface area contributed by atoms with Crippen LogP contribution in [0.25, 0.3) is 0 Å². The number of halogens is 1. The van der Waals surface area contributed by atoms with Crippen LogP contribution in [-0.4, -0.2) is 37.4 Å². The molecule has 1 atom stereocenters. The van der Waals surface area contributed by atoms with Crippen molar-refractivity contribution in [2.75, 3.05) is 25.2 Å². The molecule has 1 aromatic rings. The zero-order valence-corrected chi connectivity index (χ0v) is 11.5. The number of hydrogen-bond acceptors (Lipinski definition) is 3. The summed E-state index contributed by atoms with van der Waals surface area (Å²) in [5.41, 5.74) is 0.369. The van der Waals surface area contributed by atoms with Gasteiger partial charge in [-0.1, -0.05) is 6.92 Å². The van der Waals surface area contributed by atoms with Crippen molar-refractivity contribution in [1.29, 1.82) is 0 Å². The maximum absolute atomic E-state index is 14.0. The lowest BCUT2D eigenvalue weighted by molar-refractivity contribution is 0.0696. The van der Waals surface area contributed by atoms with Crippen LogP contribution in [0.5, 0.6) is 0 Å². The van der Waals surface area contributed by atoms with Gasteiger partial charge in [-0.2, -0.15) is 0 Å². The summed E-state index contributed by atoms with van der Waals surface area (Å²) in [5.74, 6) is -1.64. The summed E-state index contributed by atoms with van der Waals surface area (Å²) < 4.78 is 19.1. The number of carbonyl (C=O) groups is 1. The Labute approximate surface area is 112 Å². The summed E-state index contributed by atoms with van der Waals surface area (Å²) in [6.07, 6.45) is 0.865. The van der Waals surface area contributed by atoms with Gasteiger partial charge in [0.05, 0.1) is 17.9 Å². The number of carboxylic acids is 1. The first kappa shape index (κ1) is 15.4. The number of anilines is 1. The molecular formula is C14H20FNO3. The Morgan fingerprint density at radius 3 is 2.68 bits per heavy atom. The molecule has 0 aliphatic carbocycles. The second-order valence-electron chi connectivity index (χ2n) is 4.41. The molecule has 0 saturated heterocycles. The van der Waals surface area contributed by atoms with Crippen LogP contribution in [0.3, 0.4) is 0 Å². The topological polar surface area (TPSA) is 49.8 Å². The van der Waals surface area contributed by atoms with E-state index in [4.69, 9.17) is 9.84 Å². The Morgan fingerprint density at radius 1 is 1.53 bits per heavy atom. The van der Waals surface area contributed by atoms with Gasteiger partial charge in [-0.3, -0.25) is 0 Å². The third-order valence-corrected chi connectivity index (χ3v) is 3.16. The van der Waals surface area contributed by atoms with Crippen LogP contribution in [0.4, 0.5) is 10.1 Å². The van der Waals surface area contributed by atoms with E-state index in [1.807, 2.05) is 18.7 Å². The Hall–Kier alpha value is -1.62. The number of rotatable bonds is 7. The fraction of sp³-hybridized carbons (Fsp3) is 0.500. The lowest BCUT2D eigenvalue weighted by Gasteiger charge is -2.31. The monoisotopic (exact) mass is 269 g/mol. The minimum absolute atomic E-state index is 0.0444. The van der Waals surface area contributed by atoms with E-state index in [1.165, 1.54) is 12.1 Å². The van der Waals surface area contributed by atoms with Crippen LogP contribution >= 0.6 is 0 Å². The molecule has 5 heteroatoms. The van der Waals surface area contributed by atoms with Crippen LogP contribution in [0.1, 0.15) is 30.6 Å². The van der Waals surface area contributed by atoms with Crippen LogP contribution in [-0.2, 0) is 4.74 Å². The van der Waals surface area contributed by atoms with Crippen molar-refractivity contribution in [3.8, 4) is 0 Å². The number of methoxy groups -OCH3 is 1. The summed E-state index contributed by atoms with van der Waals surface area (Å²) in [5, 5.41) is 8.84. The summed E-state index contributed by atoms with van der Waals surface area (Å²) >= 11 is 0. The molecule has 0 spiro atoms. The van der Waals surface area contributed by atoms with Gasteiger partial charge in [0.15, 0.2) is 0 Å². The summed E-state index contributed by atoms with van der Waals surface area (Å²) in [7, 11) is 1.60. The highest BCUT2D eigenvalue weighted by Crippen LogP contribution is 2.23. The molecule has 0 radical (unpaired) electrons. The van der Waals surface area contributed by atoms with E-state index in [9.17, 15) is 9.18 Å². The number of carboxylic acid groups (broad SMARTS) is 1. The maximum atomic E-state index is 14.0. The minimum Gasteiger partial charge on any atom is -0.478 e. The molecule has 0 aliphatic heterocycles. The molecule has 0 heterocycles. The van der Waals surface area contributed by atoms with Crippen LogP contribution in [0.2, 0.25) is 0 Å². The molecule has 19 heavy (non-hydrogen) atoms. The van der Waals surface area contributed by atoms with Crippen molar-refractivity contribution < 1.29 is 19.0 Å². The third-order valence-electron chi connectivity index (χ3n) is 3.16. The van der Waals surface area contributed by atoms with E-state index in [1.54, 1.807) is 7.11 Å². The molecule has 0 aliphatic rings. The molecule has 0 amide bonds. The fourth-order valence-electron chi connectivity index (χ4n) is 1.86. The fourth-order valence-corrected chi connectivity index (χ4v) is 1.86. The largest absolute Gasteiger partial charge is 0.478 e. The molecule has 106 valence electrons. The first-order valence-electron chi connectivity index (χ1n) is 6.29. The molecule has 1 aromatic carbocycles.